The minimum Gasteiger partial charge on any atom is -0.352 e. The van der Waals surface area contributed by atoms with E-state index in [0.717, 1.165) is 19.3 Å². The van der Waals surface area contributed by atoms with Gasteiger partial charge in [0.2, 0.25) is 11.8 Å². The van der Waals surface area contributed by atoms with E-state index in [1.54, 1.807) is 13.1 Å². The lowest BCUT2D eigenvalue weighted by Crippen LogP contribution is -2.42. The first kappa shape index (κ1) is 18.6. The standard InChI is InChI=1S/C15H29N3O2/c1-6-9-13(7-2)16-14(19)12-18(5)15(20)10-8-11-17(3)4/h8,10,13H,6-7,9,11-12H2,1-5H3,(H,16,19)/b10-8+. The van der Waals surface area contributed by atoms with Crippen molar-refractivity contribution in [3.8, 4) is 0 Å². The lowest BCUT2D eigenvalue weighted by Gasteiger charge is -2.19. The van der Waals surface area contributed by atoms with Gasteiger partial charge in [-0.25, -0.2) is 0 Å². The van der Waals surface area contributed by atoms with Crippen LogP contribution in [0.3, 0.4) is 0 Å². The Kier molecular flexibility index (Phi) is 9.72. The van der Waals surface area contributed by atoms with E-state index in [1.807, 2.05) is 19.0 Å². The Morgan fingerprint density at radius 3 is 2.35 bits per heavy atom. The van der Waals surface area contributed by atoms with Gasteiger partial charge in [0.1, 0.15) is 0 Å². The van der Waals surface area contributed by atoms with Crippen molar-refractivity contribution in [1.29, 1.82) is 0 Å². The Balaban J connectivity index is 4.17. The molecular weight excluding hydrogens is 254 g/mol. The number of carbonyl (C=O) groups is 2. The van der Waals surface area contributed by atoms with Crippen LogP contribution in [0.15, 0.2) is 12.2 Å². The van der Waals surface area contributed by atoms with Crippen LogP contribution < -0.4 is 5.32 Å². The molecule has 0 aliphatic carbocycles. The molecule has 0 fully saturated rings. The summed E-state index contributed by atoms with van der Waals surface area (Å²) < 4.78 is 0. The minimum atomic E-state index is -0.148. The molecule has 0 rings (SSSR count). The van der Waals surface area contributed by atoms with Crippen LogP contribution in [0, 0.1) is 0 Å². The number of hydrogen-bond donors (Lipinski definition) is 1. The zero-order valence-electron chi connectivity index (χ0n) is 13.5. The number of nitrogens with one attached hydrogen (secondary N) is 1. The van der Waals surface area contributed by atoms with Crippen LogP contribution in [0.2, 0.25) is 0 Å². The first-order chi connectivity index (χ1) is 9.40. The molecular formula is C15H29N3O2. The van der Waals surface area contributed by atoms with E-state index in [4.69, 9.17) is 0 Å². The maximum Gasteiger partial charge on any atom is 0.246 e. The van der Waals surface area contributed by atoms with Crippen molar-refractivity contribution in [1.82, 2.24) is 15.1 Å². The van der Waals surface area contributed by atoms with Gasteiger partial charge in [0.05, 0.1) is 6.54 Å². The Morgan fingerprint density at radius 2 is 1.85 bits per heavy atom. The van der Waals surface area contributed by atoms with Crippen molar-refractivity contribution in [2.45, 2.75) is 39.2 Å². The smallest absolute Gasteiger partial charge is 0.246 e. The van der Waals surface area contributed by atoms with Gasteiger partial charge in [-0.2, -0.15) is 0 Å². The highest BCUT2D eigenvalue weighted by Crippen LogP contribution is 2.00. The molecule has 0 heterocycles. The topological polar surface area (TPSA) is 52.7 Å². The zero-order valence-corrected chi connectivity index (χ0v) is 13.5. The second kappa shape index (κ2) is 10.4. The van der Waals surface area contributed by atoms with Crippen LogP contribution >= 0.6 is 0 Å². The van der Waals surface area contributed by atoms with Gasteiger partial charge in [-0.3, -0.25) is 9.59 Å². The van der Waals surface area contributed by atoms with Gasteiger partial charge in [0.15, 0.2) is 0 Å². The monoisotopic (exact) mass is 283 g/mol. The van der Waals surface area contributed by atoms with E-state index in [2.05, 4.69) is 19.2 Å². The molecule has 1 N–H and O–H groups in total. The van der Waals surface area contributed by atoms with Gasteiger partial charge in [-0.1, -0.05) is 26.3 Å². The summed E-state index contributed by atoms with van der Waals surface area (Å²) in [5.41, 5.74) is 0. The molecule has 1 unspecified atom stereocenters. The highest BCUT2D eigenvalue weighted by atomic mass is 16.2. The normalized spacial score (nSPS) is 12.7. The molecule has 20 heavy (non-hydrogen) atoms. The van der Waals surface area contributed by atoms with Gasteiger partial charge in [-0.05, 0) is 26.9 Å². The summed E-state index contributed by atoms with van der Waals surface area (Å²) in [7, 11) is 5.51. The predicted molar refractivity (Wildman–Crippen MR) is 82.5 cm³/mol. The van der Waals surface area contributed by atoms with E-state index >= 15 is 0 Å². The molecule has 5 nitrogen and oxygen atoms in total. The van der Waals surface area contributed by atoms with E-state index in [0.29, 0.717) is 6.54 Å². The summed E-state index contributed by atoms with van der Waals surface area (Å²) in [4.78, 5) is 27.0. The summed E-state index contributed by atoms with van der Waals surface area (Å²) in [6.45, 7) is 4.96. The second-order valence-corrected chi connectivity index (χ2v) is 5.32. The molecule has 0 aliphatic heterocycles. The molecule has 0 spiro atoms. The Morgan fingerprint density at radius 1 is 1.20 bits per heavy atom. The highest BCUT2D eigenvalue weighted by Gasteiger charge is 2.13. The first-order valence-corrected chi connectivity index (χ1v) is 7.26. The van der Waals surface area contributed by atoms with Gasteiger partial charge in [-0.15, -0.1) is 0 Å². The molecule has 5 heteroatoms. The summed E-state index contributed by atoms with van der Waals surface area (Å²) in [5.74, 6) is -0.243. The molecule has 0 radical (unpaired) electrons. The van der Waals surface area contributed by atoms with Crippen molar-refractivity contribution in [2.75, 3.05) is 34.2 Å². The number of carbonyl (C=O) groups excluding carboxylic acids is 2. The summed E-state index contributed by atoms with van der Waals surface area (Å²) in [6, 6.07) is 0.209. The van der Waals surface area contributed by atoms with Crippen molar-refractivity contribution in [2.24, 2.45) is 0 Å². The van der Waals surface area contributed by atoms with Crippen molar-refractivity contribution in [3.05, 3.63) is 12.2 Å². The number of amides is 2. The summed E-state index contributed by atoms with van der Waals surface area (Å²) in [5, 5.41) is 2.96. The third kappa shape index (κ3) is 8.69. The molecule has 2 amide bonds. The maximum atomic E-state index is 11.8. The lowest BCUT2D eigenvalue weighted by atomic mass is 10.1. The van der Waals surface area contributed by atoms with Crippen LogP contribution in [0.5, 0.6) is 0 Å². The molecule has 116 valence electrons. The quantitative estimate of drug-likeness (QED) is 0.648. The molecule has 0 aromatic carbocycles. The molecule has 0 aromatic heterocycles. The summed E-state index contributed by atoms with van der Waals surface area (Å²) in [6.07, 6.45) is 6.24. The van der Waals surface area contributed by atoms with E-state index in [1.165, 1.54) is 11.0 Å². The fourth-order valence-corrected chi connectivity index (χ4v) is 1.79. The molecule has 0 saturated heterocycles. The average Bonchev–Trinajstić information content (AvgIpc) is 2.37. The molecule has 0 aromatic rings. The zero-order chi connectivity index (χ0) is 15.5. The third-order valence-electron chi connectivity index (χ3n) is 2.98. The van der Waals surface area contributed by atoms with Crippen LogP contribution in [0.4, 0.5) is 0 Å². The van der Waals surface area contributed by atoms with Gasteiger partial charge < -0.3 is 15.1 Å². The van der Waals surface area contributed by atoms with E-state index < -0.39 is 0 Å². The number of likely N-dealkylation sites (N-methyl/N-ethyl adjacent to an activating group) is 2. The highest BCUT2D eigenvalue weighted by molar-refractivity contribution is 5.91. The van der Waals surface area contributed by atoms with E-state index in [9.17, 15) is 9.59 Å². The molecule has 0 aliphatic rings. The van der Waals surface area contributed by atoms with Crippen molar-refractivity contribution >= 4 is 11.8 Å². The van der Waals surface area contributed by atoms with Crippen molar-refractivity contribution < 1.29 is 9.59 Å². The van der Waals surface area contributed by atoms with Crippen LogP contribution in [-0.4, -0.2) is 61.9 Å². The minimum absolute atomic E-state index is 0.0952. The van der Waals surface area contributed by atoms with Gasteiger partial charge in [0.25, 0.3) is 0 Å². The molecule has 0 saturated carbocycles. The maximum absolute atomic E-state index is 11.8. The van der Waals surface area contributed by atoms with Crippen LogP contribution in [-0.2, 0) is 9.59 Å². The largest absolute Gasteiger partial charge is 0.352 e. The van der Waals surface area contributed by atoms with Crippen molar-refractivity contribution in [3.63, 3.8) is 0 Å². The third-order valence-corrected chi connectivity index (χ3v) is 2.98. The Hall–Kier alpha value is -1.36. The average molecular weight is 283 g/mol. The molecule has 1 atom stereocenters. The molecule has 0 bridgehead atoms. The predicted octanol–water partition coefficient (Wildman–Crippen LogP) is 1.26. The van der Waals surface area contributed by atoms with Gasteiger partial charge in [0, 0.05) is 25.7 Å². The van der Waals surface area contributed by atoms with Gasteiger partial charge >= 0.3 is 0 Å². The second-order valence-electron chi connectivity index (χ2n) is 5.32. The lowest BCUT2D eigenvalue weighted by molar-refractivity contribution is -0.131. The number of nitrogens with zero attached hydrogens (tertiary/aromatic N) is 2. The fraction of sp³-hybridized carbons (Fsp3) is 0.733. The van der Waals surface area contributed by atoms with Crippen LogP contribution in [0.1, 0.15) is 33.1 Å². The van der Waals surface area contributed by atoms with Crippen LogP contribution in [0.25, 0.3) is 0 Å². The fourth-order valence-electron chi connectivity index (χ4n) is 1.79. The number of rotatable bonds is 9. The SMILES string of the molecule is CCCC(CC)NC(=O)CN(C)C(=O)/C=C/CN(C)C. The Labute approximate surface area is 123 Å². The summed E-state index contributed by atoms with van der Waals surface area (Å²) >= 11 is 0. The number of hydrogen-bond acceptors (Lipinski definition) is 3. The first-order valence-electron chi connectivity index (χ1n) is 7.26. The van der Waals surface area contributed by atoms with E-state index in [-0.39, 0.29) is 24.4 Å². The Bertz CT molecular complexity index is 327.